The summed E-state index contributed by atoms with van der Waals surface area (Å²) in [5.74, 6) is 0.323. The molecular weight excluding hydrogens is 266 g/mol. The summed E-state index contributed by atoms with van der Waals surface area (Å²) in [5, 5.41) is 8.81. The molecule has 0 N–H and O–H groups in total. The Balaban J connectivity index is 2.89. The molecule has 2 heterocycles. The van der Waals surface area contributed by atoms with E-state index >= 15 is 0 Å². The molecule has 2 aromatic rings. The predicted molar refractivity (Wildman–Crippen MR) is 59.5 cm³/mol. The maximum Gasteiger partial charge on any atom is 0.278 e. The zero-order chi connectivity index (χ0) is 12.6. The van der Waals surface area contributed by atoms with Crippen LogP contribution in [0.15, 0.2) is 23.5 Å². The first-order valence-electron chi connectivity index (χ1n) is 4.38. The van der Waals surface area contributed by atoms with Gasteiger partial charge in [0.05, 0.1) is 13.3 Å². The summed E-state index contributed by atoms with van der Waals surface area (Å²) in [5.41, 5.74) is 0.340. The van der Waals surface area contributed by atoms with Crippen molar-refractivity contribution in [3.63, 3.8) is 0 Å². The van der Waals surface area contributed by atoms with Crippen molar-refractivity contribution >= 4 is 25.4 Å². The SMILES string of the molecule is COc1ccn2c(S(=O)(=O)Cl)cnc2c1C#N. The average molecular weight is 272 g/mol. The topological polar surface area (TPSA) is 84.5 Å². The number of aromatic nitrogens is 2. The van der Waals surface area contributed by atoms with Gasteiger partial charge in [-0.1, -0.05) is 0 Å². The van der Waals surface area contributed by atoms with Crippen LogP contribution in [-0.4, -0.2) is 24.9 Å². The maximum absolute atomic E-state index is 11.3. The number of nitrogens with zero attached hydrogens (tertiary/aromatic N) is 3. The van der Waals surface area contributed by atoms with Gasteiger partial charge in [0.15, 0.2) is 10.7 Å². The number of fused-ring (bicyclic) bond motifs is 1. The van der Waals surface area contributed by atoms with Crippen LogP contribution in [0.25, 0.3) is 5.65 Å². The molecule has 0 aromatic carbocycles. The summed E-state index contributed by atoms with van der Waals surface area (Å²) in [7, 11) is 2.75. The van der Waals surface area contributed by atoms with Crippen LogP contribution >= 0.6 is 10.7 Å². The first kappa shape index (κ1) is 11.7. The number of ether oxygens (including phenoxy) is 1. The van der Waals surface area contributed by atoms with E-state index in [1.165, 1.54) is 23.8 Å². The van der Waals surface area contributed by atoms with Crippen molar-refractivity contribution in [3.05, 3.63) is 24.0 Å². The molecule has 0 spiro atoms. The van der Waals surface area contributed by atoms with Crippen molar-refractivity contribution in [1.82, 2.24) is 9.38 Å². The first-order valence-corrected chi connectivity index (χ1v) is 6.68. The Kier molecular flexibility index (Phi) is 2.69. The minimum Gasteiger partial charge on any atom is -0.495 e. The van der Waals surface area contributed by atoms with Crippen LogP contribution in [0.2, 0.25) is 0 Å². The molecule has 2 aromatic heterocycles. The zero-order valence-corrected chi connectivity index (χ0v) is 10.2. The van der Waals surface area contributed by atoms with Crippen LogP contribution in [0.4, 0.5) is 0 Å². The molecule has 6 nitrogen and oxygen atoms in total. The lowest BCUT2D eigenvalue weighted by molar-refractivity contribution is 0.413. The summed E-state index contributed by atoms with van der Waals surface area (Å²) in [6, 6.07) is 3.38. The van der Waals surface area contributed by atoms with E-state index in [1.807, 2.05) is 6.07 Å². The van der Waals surface area contributed by atoms with E-state index in [4.69, 9.17) is 20.7 Å². The molecule has 0 amide bonds. The summed E-state index contributed by atoms with van der Waals surface area (Å²) in [4.78, 5) is 3.86. The highest BCUT2D eigenvalue weighted by molar-refractivity contribution is 8.13. The van der Waals surface area contributed by atoms with Crippen molar-refractivity contribution in [2.24, 2.45) is 0 Å². The molecule has 0 saturated heterocycles. The molecule has 0 aliphatic heterocycles. The van der Waals surface area contributed by atoms with Crippen molar-refractivity contribution in [3.8, 4) is 11.8 Å². The number of hydrogen-bond donors (Lipinski definition) is 0. The second-order valence-corrected chi connectivity index (χ2v) is 5.61. The van der Waals surface area contributed by atoms with Crippen LogP contribution in [0.1, 0.15) is 5.56 Å². The average Bonchev–Trinajstić information content (AvgIpc) is 2.70. The van der Waals surface area contributed by atoms with Gasteiger partial charge >= 0.3 is 0 Å². The predicted octanol–water partition coefficient (Wildman–Crippen LogP) is 1.14. The normalized spacial score (nSPS) is 11.4. The summed E-state index contributed by atoms with van der Waals surface area (Å²) in [6.45, 7) is 0. The lowest BCUT2D eigenvalue weighted by Crippen LogP contribution is -1.99. The van der Waals surface area contributed by atoms with Gasteiger partial charge in [0, 0.05) is 16.9 Å². The van der Waals surface area contributed by atoms with Gasteiger partial charge in [0.25, 0.3) is 9.05 Å². The Morgan fingerprint density at radius 2 is 2.29 bits per heavy atom. The number of rotatable bonds is 2. The Labute approximate surface area is 101 Å². The van der Waals surface area contributed by atoms with Crippen LogP contribution < -0.4 is 4.74 Å². The second kappa shape index (κ2) is 3.91. The Bertz CT molecular complexity index is 730. The van der Waals surface area contributed by atoms with E-state index in [2.05, 4.69) is 4.98 Å². The first-order chi connectivity index (χ1) is 7.99. The van der Waals surface area contributed by atoms with Gasteiger partial charge in [-0.25, -0.2) is 13.4 Å². The van der Waals surface area contributed by atoms with E-state index in [0.29, 0.717) is 5.75 Å². The fourth-order valence-corrected chi connectivity index (χ4v) is 2.37. The van der Waals surface area contributed by atoms with Gasteiger partial charge in [0.1, 0.15) is 17.4 Å². The second-order valence-electron chi connectivity index (χ2n) is 3.10. The smallest absolute Gasteiger partial charge is 0.278 e. The van der Waals surface area contributed by atoms with Crippen LogP contribution in [0, 0.1) is 11.3 Å². The van der Waals surface area contributed by atoms with E-state index in [-0.39, 0.29) is 16.2 Å². The van der Waals surface area contributed by atoms with Gasteiger partial charge < -0.3 is 4.74 Å². The minimum atomic E-state index is -3.91. The molecule has 0 fully saturated rings. The summed E-state index contributed by atoms with van der Waals surface area (Å²) >= 11 is 0. The fourth-order valence-electron chi connectivity index (χ4n) is 1.47. The summed E-state index contributed by atoms with van der Waals surface area (Å²) in [6.07, 6.45) is 2.52. The van der Waals surface area contributed by atoms with Gasteiger partial charge in [-0.05, 0) is 6.07 Å². The Morgan fingerprint density at radius 3 is 2.82 bits per heavy atom. The third-order valence-corrected chi connectivity index (χ3v) is 3.47. The van der Waals surface area contributed by atoms with Crippen LogP contribution in [0.5, 0.6) is 5.75 Å². The van der Waals surface area contributed by atoms with Crippen molar-refractivity contribution in [2.45, 2.75) is 5.03 Å². The monoisotopic (exact) mass is 271 g/mol. The number of imidazole rings is 1. The van der Waals surface area contributed by atoms with Crippen molar-refractivity contribution in [2.75, 3.05) is 7.11 Å². The zero-order valence-electron chi connectivity index (χ0n) is 8.58. The van der Waals surface area contributed by atoms with E-state index < -0.39 is 9.05 Å². The molecule has 88 valence electrons. The van der Waals surface area contributed by atoms with Gasteiger partial charge in [-0.3, -0.25) is 4.40 Å². The fraction of sp³-hybridized carbons (Fsp3) is 0.111. The standard InChI is InChI=1S/C9H6ClN3O3S/c1-16-7-2-3-13-8(17(10,14)15)5-12-9(13)6(7)4-11/h2-3,5H,1H3. The van der Waals surface area contributed by atoms with E-state index in [9.17, 15) is 8.42 Å². The number of halogens is 1. The largest absolute Gasteiger partial charge is 0.495 e. The molecule has 0 saturated carbocycles. The molecule has 0 aliphatic rings. The van der Waals surface area contributed by atoms with Crippen molar-refractivity contribution < 1.29 is 13.2 Å². The highest BCUT2D eigenvalue weighted by Gasteiger charge is 2.19. The molecule has 0 aliphatic carbocycles. The van der Waals surface area contributed by atoms with Crippen LogP contribution in [-0.2, 0) is 9.05 Å². The van der Waals surface area contributed by atoms with Crippen molar-refractivity contribution in [1.29, 1.82) is 5.26 Å². The molecule has 0 atom stereocenters. The molecule has 17 heavy (non-hydrogen) atoms. The molecule has 0 radical (unpaired) electrons. The Hall–Kier alpha value is -1.78. The lowest BCUT2D eigenvalue weighted by Gasteiger charge is -2.04. The van der Waals surface area contributed by atoms with E-state index in [0.717, 1.165) is 6.20 Å². The van der Waals surface area contributed by atoms with E-state index in [1.54, 1.807) is 0 Å². The number of methoxy groups -OCH3 is 1. The molecule has 0 bridgehead atoms. The third kappa shape index (κ3) is 1.81. The van der Waals surface area contributed by atoms with Gasteiger partial charge in [-0.15, -0.1) is 0 Å². The maximum atomic E-state index is 11.3. The van der Waals surface area contributed by atoms with Gasteiger partial charge in [-0.2, -0.15) is 5.26 Å². The molecule has 2 rings (SSSR count). The number of pyridine rings is 1. The highest BCUT2D eigenvalue weighted by atomic mass is 35.7. The van der Waals surface area contributed by atoms with Crippen LogP contribution in [0.3, 0.4) is 0 Å². The minimum absolute atomic E-state index is 0.154. The molecule has 8 heteroatoms. The lowest BCUT2D eigenvalue weighted by atomic mass is 10.2. The Morgan fingerprint density at radius 1 is 1.59 bits per heavy atom. The van der Waals surface area contributed by atoms with Gasteiger partial charge in [0.2, 0.25) is 0 Å². The molecule has 0 unspecified atom stereocenters. The number of nitriles is 1. The highest BCUT2D eigenvalue weighted by Crippen LogP contribution is 2.25. The third-order valence-electron chi connectivity index (χ3n) is 2.19. The molecular formula is C9H6ClN3O3S. The summed E-state index contributed by atoms with van der Waals surface area (Å²) < 4.78 is 28.7. The number of hydrogen-bond acceptors (Lipinski definition) is 5. The quantitative estimate of drug-likeness (QED) is 0.765.